The highest BCUT2D eigenvalue weighted by atomic mass is 19.1. The minimum atomic E-state index is -0.325. The van der Waals surface area contributed by atoms with E-state index >= 15 is 0 Å². The molecular weight excluding hydrogens is 319 g/mol. The summed E-state index contributed by atoms with van der Waals surface area (Å²) in [6.07, 6.45) is 2.97. The van der Waals surface area contributed by atoms with Gasteiger partial charge in [0, 0.05) is 18.8 Å². The van der Waals surface area contributed by atoms with Gasteiger partial charge >= 0.3 is 0 Å². The maximum absolute atomic E-state index is 12.9. The molecule has 2 aromatic carbocycles. The Hall–Kier alpha value is -2.66. The van der Waals surface area contributed by atoms with E-state index in [0.717, 1.165) is 18.5 Å². The van der Waals surface area contributed by atoms with Crippen molar-refractivity contribution >= 4 is 17.2 Å². The summed E-state index contributed by atoms with van der Waals surface area (Å²) in [5, 5.41) is 12.2. The molecule has 2 N–H and O–H groups in total. The zero-order chi connectivity index (χ0) is 17.8. The second kappa shape index (κ2) is 7.49. The van der Waals surface area contributed by atoms with Crippen molar-refractivity contribution in [2.24, 2.45) is 0 Å². The van der Waals surface area contributed by atoms with Gasteiger partial charge in [-0.3, -0.25) is 9.69 Å². The molecule has 0 aliphatic carbocycles. The summed E-state index contributed by atoms with van der Waals surface area (Å²) in [7, 11) is 0. The highest BCUT2D eigenvalue weighted by Crippen LogP contribution is 2.25. The van der Waals surface area contributed by atoms with Crippen LogP contribution in [0.25, 0.3) is 5.57 Å². The standard InChI is InChI=1S/C20H21FN2O2/c1-14(20(25)22-18-6-4-17(21)5-7-18)23-12-10-16(11-13-23)15-2-8-19(24)9-3-15/h2-10,14,24H,11-13H2,1H3,(H,22,25). The zero-order valence-electron chi connectivity index (χ0n) is 14.1. The Kier molecular flexibility index (Phi) is 5.14. The zero-order valence-corrected chi connectivity index (χ0v) is 14.1. The number of benzene rings is 2. The summed E-state index contributed by atoms with van der Waals surface area (Å²) in [6.45, 7) is 3.34. The lowest BCUT2D eigenvalue weighted by atomic mass is 9.98. The number of halogens is 1. The molecule has 4 nitrogen and oxygen atoms in total. The van der Waals surface area contributed by atoms with Crippen LogP contribution in [-0.4, -0.2) is 35.0 Å². The Bertz CT molecular complexity index is 769. The molecule has 0 saturated carbocycles. The molecule has 0 radical (unpaired) electrons. The largest absolute Gasteiger partial charge is 0.508 e. The van der Waals surface area contributed by atoms with Crippen molar-refractivity contribution in [2.45, 2.75) is 19.4 Å². The molecule has 0 saturated heterocycles. The number of anilines is 1. The van der Waals surface area contributed by atoms with Crippen LogP contribution in [0.4, 0.5) is 10.1 Å². The van der Waals surface area contributed by atoms with Crippen LogP contribution in [0.5, 0.6) is 5.75 Å². The highest BCUT2D eigenvalue weighted by Gasteiger charge is 2.23. The first-order valence-corrected chi connectivity index (χ1v) is 8.32. The van der Waals surface area contributed by atoms with Gasteiger partial charge < -0.3 is 10.4 Å². The maximum Gasteiger partial charge on any atom is 0.241 e. The number of phenolic OH excluding ortho intramolecular Hbond substituents is 1. The summed E-state index contributed by atoms with van der Waals surface area (Å²) in [6, 6.07) is 12.7. The van der Waals surface area contributed by atoms with Crippen molar-refractivity contribution < 1.29 is 14.3 Å². The number of hydrogen-bond acceptors (Lipinski definition) is 3. The number of amides is 1. The first-order valence-electron chi connectivity index (χ1n) is 8.32. The molecular formula is C20H21FN2O2. The third-order valence-corrected chi connectivity index (χ3v) is 4.52. The van der Waals surface area contributed by atoms with Gasteiger partial charge in [-0.05, 0) is 60.9 Å². The summed E-state index contributed by atoms with van der Waals surface area (Å²) >= 11 is 0. The van der Waals surface area contributed by atoms with Crippen LogP contribution in [0.15, 0.2) is 54.6 Å². The number of carbonyl (C=O) groups is 1. The van der Waals surface area contributed by atoms with Gasteiger partial charge in [-0.1, -0.05) is 18.2 Å². The van der Waals surface area contributed by atoms with E-state index in [2.05, 4.69) is 16.3 Å². The fraction of sp³-hybridized carbons (Fsp3) is 0.250. The van der Waals surface area contributed by atoms with Crippen molar-refractivity contribution in [2.75, 3.05) is 18.4 Å². The van der Waals surface area contributed by atoms with E-state index in [1.807, 2.05) is 19.1 Å². The smallest absolute Gasteiger partial charge is 0.241 e. The fourth-order valence-corrected chi connectivity index (χ4v) is 2.92. The Morgan fingerprint density at radius 1 is 1.16 bits per heavy atom. The number of nitrogens with zero attached hydrogens (tertiary/aromatic N) is 1. The van der Waals surface area contributed by atoms with Crippen molar-refractivity contribution in [3.05, 3.63) is 66.0 Å². The number of nitrogens with one attached hydrogen (secondary N) is 1. The number of aromatic hydroxyl groups is 1. The van der Waals surface area contributed by atoms with Crippen LogP contribution in [0.1, 0.15) is 18.9 Å². The van der Waals surface area contributed by atoms with Gasteiger partial charge in [0.1, 0.15) is 11.6 Å². The quantitative estimate of drug-likeness (QED) is 0.893. The van der Waals surface area contributed by atoms with E-state index in [4.69, 9.17) is 0 Å². The van der Waals surface area contributed by atoms with E-state index in [1.54, 1.807) is 24.3 Å². The number of hydrogen-bond donors (Lipinski definition) is 2. The summed E-state index contributed by atoms with van der Waals surface area (Å²) < 4.78 is 12.9. The van der Waals surface area contributed by atoms with Crippen LogP contribution in [0.2, 0.25) is 0 Å². The van der Waals surface area contributed by atoms with E-state index in [0.29, 0.717) is 12.2 Å². The maximum atomic E-state index is 12.9. The van der Waals surface area contributed by atoms with E-state index in [1.165, 1.54) is 17.7 Å². The van der Waals surface area contributed by atoms with Gasteiger partial charge in [0.05, 0.1) is 6.04 Å². The number of phenols is 1. The predicted molar refractivity (Wildman–Crippen MR) is 96.8 cm³/mol. The Balaban J connectivity index is 1.60. The minimum absolute atomic E-state index is 0.104. The van der Waals surface area contributed by atoms with Gasteiger partial charge in [-0.2, -0.15) is 0 Å². The van der Waals surface area contributed by atoms with Gasteiger partial charge in [0.25, 0.3) is 0 Å². The van der Waals surface area contributed by atoms with Crippen molar-refractivity contribution in [1.29, 1.82) is 0 Å². The molecule has 1 amide bonds. The normalized spacial score (nSPS) is 16.2. The SMILES string of the molecule is CC(C(=O)Nc1ccc(F)cc1)N1CC=C(c2ccc(O)cc2)CC1. The van der Waals surface area contributed by atoms with Gasteiger partial charge in [0.15, 0.2) is 0 Å². The summed E-state index contributed by atoms with van der Waals surface area (Å²) in [4.78, 5) is 14.5. The molecule has 25 heavy (non-hydrogen) atoms. The molecule has 1 aliphatic heterocycles. The average molecular weight is 340 g/mol. The van der Waals surface area contributed by atoms with Crippen molar-refractivity contribution in [3.63, 3.8) is 0 Å². The molecule has 0 aromatic heterocycles. The molecule has 5 heteroatoms. The number of carbonyl (C=O) groups excluding carboxylic acids is 1. The highest BCUT2D eigenvalue weighted by molar-refractivity contribution is 5.94. The van der Waals surface area contributed by atoms with E-state index in [9.17, 15) is 14.3 Å². The second-order valence-corrected chi connectivity index (χ2v) is 6.19. The molecule has 3 rings (SSSR count). The van der Waals surface area contributed by atoms with Gasteiger partial charge in [0.2, 0.25) is 5.91 Å². The molecule has 1 heterocycles. The van der Waals surface area contributed by atoms with Crippen LogP contribution < -0.4 is 5.32 Å². The van der Waals surface area contributed by atoms with E-state index < -0.39 is 0 Å². The fourth-order valence-electron chi connectivity index (χ4n) is 2.92. The summed E-state index contributed by atoms with van der Waals surface area (Å²) in [5.41, 5.74) is 2.92. The van der Waals surface area contributed by atoms with Crippen LogP contribution in [0, 0.1) is 5.82 Å². The Morgan fingerprint density at radius 3 is 2.44 bits per heavy atom. The van der Waals surface area contributed by atoms with Crippen LogP contribution in [-0.2, 0) is 4.79 Å². The van der Waals surface area contributed by atoms with Crippen LogP contribution >= 0.6 is 0 Å². The monoisotopic (exact) mass is 340 g/mol. The molecule has 2 aromatic rings. The lowest BCUT2D eigenvalue weighted by molar-refractivity contribution is -0.120. The molecule has 1 aliphatic rings. The topological polar surface area (TPSA) is 52.6 Å². The summed E-state index contributed by atoms with van der Waals surface area (Å²) in [5.74, 6) is -0.171. The molecule has 0 bridgehead atoms. The average Bonchev–Trinajstić information content (AvgIpc) is 2.64. The number of rotatable bonds is 4. The molecule has 1 unspecified atom stereocenters. The third kappa shape index (κ3) is 4.25. The molecule has 0 fully saturated rings. The minimum Gasteiger partial charge on any atom is -0.508 e. The second-order valence-electron chi connectivity index (χ2n) is 6.19. The lowest BCUT2D eigenvalue weighted by Crippen LogP contribution is -2.44. The van der Waals surface area contributed by atoms with Crippen LogP contribution in [0.3, 0.4) is 0 Å². The van der Waals surface area contributed by atoms with Crippen molar-refractivity contribution in [1.82, 2.24) is 4.90 Å². The van der Waals surface area contributed by atoms with E-state index in [-0.39, 0.29) is 23.5 Å². The molecule has 1 atom stereocenters. The molecule has 130 valence electrons. The van der Waals surface area contributed by atoms with Gasteiger partial charge in [-0.15, -0.1) is 0 Å². The first kappa shape index (κ1) is 17.2. The Morgan fingerprint density at radius 2 is 1.84 bits per heavy atom. The Labute approximate surface area is 146 Å². The first-order chi connectivity index (χ1) is 12.0. The third-order valence-electron chi connectivity index (χ3n) is 4.52. The van der Waals surface area contributed by atoms with Gasteiger partial charge in [-0.25, -0.2) is 4.39 Å². The van der Waals surface area contributed by atoms with Crippen molar-refractivity contribution in [3.8, 4) is 5.75 Å². The predicted octanol–water partition coefficient (Wildman–Crippen LogP) is 3.65. The lowest BCUT2D eigenvalue weighted by Gasteiger charge is -2.31. The molecule has 0 spiro atoms.